The minimum absolute atomic E-state index is 0.568. The Morgan fingerprint density at radius 2 is 1.81 bits per heavy atom. The van der Waals surface area contributed by atoms with E-state index >= 15 is 0 Å². The van der Waals surface area contributed by atoms with E-state index in [1.54, 1.807) is 0 Å². The van der Waals surface area contributed by atoms with Crippen LogP contribution >= 0.6 is 0 Å². The number of hydrogen-bond donors (Lipinski definition) is 1. The van der Waals surface area contributed by atoms with Gasteiger partial charge >= 0.3 is 0 Å². The molecule has 1 saturated heterocycles. The van der Waals surface area contributed by atoms with Crippen molar-refractivity contribution in [3.05, 3.63) is 48.0 Å². The van der Waals surface area contributed by atoms with Crippen LogP contribution in [0, 0.1) is 0 Å². The molecule has 1 heterocycles. The van der Waals surface area contributed by atoms with Crippen molar-refractivity contribution in [1.29, 1.82) is 0 Å². The third-order valence-electron chi connectivity index (χ3n) is 3.49. The first-order valence-corrected chi connectivity index (χ1v) is 6.15. The molecule has 2 aromatic carbocycles. The van der Waals surface area contributed by atoms with Gasteiger partial charge in [-0.2, -0.15) is 0 Å². The highest BCUT2D eigenvalue weighted by Crippen LogP contribution is 2.25. The average Bonchev–Trinajstić information content (AvgIpc) is 2.39. The van der Waals surface area contributed by atoms with Crippen molar-refractivity contribution >= 4 is 10.8 Å². The molecule has 0 spiro atoms. The third kappa shape index (κ3) is 1.83. The highest BCUT2D eigenvalue weighted by Gasteiger charge is 2.14. The molecule has 1 heteroatoms. The van der Waals surface area contributed by atoms with Crippen molar-refractivity contribution in [2.24, 2.45) is 0 Å². The normalized spacial score (nSPS) is 21.1. The number of fused-ring (bicyclic) bond motifs is 1. The molecule has 2 aromatic rings. The fourth-order valence-corrected chi connectivity index (χ4v) is 2.56. The van der Waals surface area contributed by atoms with Gasteiger partial charge in [-0.1, -0.05) is 42.8 Å². The second kappa shape index (κ2) is 4.26. The van der Waals surface area contributed by atoms with Crippen LogP contribution in [-0.4, -0.2) is 6.54 Å². The van der Waals surface area contributed by atoms with Gasteiger partial charge < -0.3 is 5.32 Å². The summed E-state index contributed by atoms with van der Waals surface area (Å²) in [5.74, 6) is 0. The van der Waals surface area contributed by atoms with E-state index in [0.717, 1.165) is 6.54 Å². The largest absolute Gasteiger partial charge is 0.310 e. The zero-order valence-corrected chi connectivity index (χ0v) is 9.45. The fourth-order valence-electron chi connectivity index (χ4n) is 2.56. The Bertz CT molecular complexity index is 484. The maximum atomic E-state index is 3.60. The van der Waals surface area contributed by atoms with Gasteiger partial charge in [-0.05, 0) is 41.8 Å². The molecule has 1 fully saturated rings. The van der Waals surface area contributed by atoms with E-state index in [1.165, 1.54) is 35.6 Å². The summed E-state index contributed by atoms with van der Waals surface area (Å²) in [4.78, 5) is 0. The van der Waals surface area contributed by atoms with Gasteiger partial charge in [-0.25, -0.2) is 0 Å². The molecule has 0 amide bonds. The SMILES string of the molecule is c1ccc2cc([C@@H]3CCCCN3)ccc2c1. The minimum atomic E-state index is 0.568. The number of piperidine rings is 1. The van der Waals surface area contributed by atoms with Crippen LogP contribution in [0.1, 0.15) is 30.9 Å². The zero-order chi connectivity index (χ0) is 10.8. The Morgan fingerprint density at radius 3 is 2.62 bits per heavy atom. The van der Waals surface area contributed by atoms with Crippen molar-refractivity contribution in [2.75, 3.05) is 6.54 Å². The Hall–Kier alpha value is -1.34. The first-order chi connectivity index (χ1) is 7.93. The lowest BCUT2D eigenvalue weighted by Gasteiger charge is -2.24. The lowest BCUT2D eigenvalue weighted by atomic mass is 9.95. The predicted octanol–water partition coefficient (Wildman–Crippen LogP) is 3.65. The molecule has 0 saturated carbocycles. The summed E-state index contributed by atoms with van der Waals surface area (Å²) in [7, 11) is 0. The topological polar surface area (TPSA) is 12.0 Å². The van der Waals surface area contributed by atoms with E-state index in [-0.39, 0.29) is 0 Å². The molecular formula is C15H17N. The van der Waals surface area contributed by atoms with Gasteiger partial charge in [0.25, 0.3) is 0 Å². The molecule has 16 heavy (non-hydrogen) atoms. The molecule has 0 unspecified atom stereocenters. The second-order valence-electron chi connectivity index (χ2n) is 4.61. The van der Waals surface area contributed by atoms with E-state index in [4.69, 9.17) is 0 Å². The highest BCUT2D eigenvalue weighted by atomic mass is 14.9. The van der Waals surface area contributed by atoms with E-state index in [1.807, 2.05) is 0 Å². The van der Waals surface area contributed by atoms with Crippen LogP contribution < -0.4 is 5.32 Å². The molecule has 0 aliphatic carbocycles. The van der Waals surface area contributed by atoms with Gasteiger partial charge in [0.2, 0.25) is 0 Å². The summed E-state index contributed by atoms with van der Waals surface area (Å²) in [6, 6.07) is 16.0. The lowest BCUT2D eigenvalue weighted by molar-refractivity contribution is 0.412. The number of benzene rings is 2. The highest BCUT2D eigenvalue weighted by molar-refractivity contribution is 5.83. The number of hydrogen-bond acceptors (Lipinski definition) is 1. The molecule has 3 rings (SSSR count). The predicted molar refractivity (Wildman–Crippen MR) is 68.5 cm³/mol. The smallest absolute Gasteiger partial charge is 0.0320 e. The van der Waals surface area contributed by atoms with Crippen molar-refractivity contribution in [3.63, 3.8) is 0 Å². The van der Waals surface area contributed by atoms with Gasteiger partial charge in [-0.15, -0.1) is 0 Å². The van der Waals surface area contributed by atoms with Crippen molar-refractivity contribution in [3.8, 4) is 0 Å². The lowest BCUT2D eigenvalue weighted by Crippen LogP contribution is -2.26. The quantitative estimate of drug-likeness (QED) is 0.759. The maximum absolute atomic E-state index is 3.60. The van der Waals surface area contributed by atoms with Gasteiger partial charge in [0, 0.05) is 6.04 Å². The molecule has 0 bridgehead atoms. The van der Waals surface area contributed by atoms with Gasteiger partial charge in [0.15, 0.2) is 0 Å². The summed E-state index contributed by atoms with van der Waals surface area (Å²) in [5.41, 5.74) is 1.44. The number of rotatable bonds is 1. The van der Waals surface area contributed by atoms with Crippen LogP contribution in [0.4, 0.5) is 0 Å². The second-order valence-corrected chi connectivity index (χ2v) is 4.61. The van der Waals surface area contributed by atoms with Crippen LogP contribution in [-0.2, 0) is 0 Å². The molecule has 82 valence electrons. The van der Waals surface area contributed by atoms with Crippen LogP contribution in [0.25, 0.3) is 10.8 Å². The molecule has 0 radical (unpaired) electrons. The molecular weight excluding hydrogens is 194 g/mol. The summed E-state index contributed by atoms with van der Waals surface area (Å²) in [5, 5.41) is 6.29. The summed E-state index contributed by atoms with van der Waals surface area (Å²) in [6.45, 7) is 1.16. The summed E-state index contributed by atoms with van der Waals surface area (Å²) < 4.78 is 0. The Balaban J connectivity index is 1.97. The standard InChI is InChI=1S/C15H17N/c1-2-6-13-11-14(9-8-12(13)5-1)15-7-3-4-10-16-15/h1-2,5-6,8-9,11,15-16H,3-4,7,10H2/t15-/m0/s1. The Labute approximate surface area is 96.5 Å². The zero-order valence-electron chi connectivity index (χ0n) is 9.45. The van der Waals surface area contributed by atoms with E-state index in [0.29, 0.717) is 6.04 Å². The van der Waals surface area contributed by atoms with Gasteiger partial charge in [0.1, 0.15) is 0 Å². The summed E-state index contributed by atoms with van der Waals surface area (Å²) >= 11 is 0. The maximum Gasteiger partial charge on any atom is 0.0320 e. The Morgan fingerprint density at radius 1 is 0.938 bits per heavy atom. The van der Waals surface area contributed by atoms with Crippen LogP contribution in [0.3, 0.4) is 0 Å². The molecule has 1 nitrogen and oxygen atoms in total. The van der Waals surface area contributed by atoms with Crippen molar-refractivity contribution in [1.82, 2.24) is 5.32 Å². The van der Waals surface area contributed by atoms with E-state index < -0.39 is 0 Å². The minimum Gasteiger partial charge on any atom is -0.310 e. The Kier molecular flexibility index (Phi) is 2.63. The molecule has 1 aliphatic rings. The van der Waals surface area contributed by atoms with Crippen molar-refractivity contribution < 1.29 is 0 Å². The molecule has 1 atom stereocenters. The summed E-state index contributed by atoms with van der Waals surface area (Å²) in [6.07, 6.45) is 3.95. The first kappa shape index (κ1) is 9.86. The molecule has 1 aliphatic heterocycles. The van der Waals surface area contributed by atoms with Crippen LogP contribution in [0.15, 0.2) is 42.5 Å². The number of nitrogens with one attached hydrogen (secondary N) is 1. The monoisotopic (exact) mass is 211 g/mol. The van der Waals surface area contributed by atoms with Gasteiger partial charge in [-0.3, -0.25) is 0 Å². The van der Waals surface area contributed by atoms with E-state index in [2.05, 4.69) is 47.8 Å². The first-order valence-electron chi connectivity index (χ1n) is 6.15. The van der Waals surface area contributed by atoms with Gasteiger partial charge in [0.05, 0.1) is 0 Å². The molecule has 0 aromatic heterocycles. The molecule has 1 N–H and O–H groups in total. The van der Waals surface area contributed by atoms with E-state index in [9.17, 15) is 0 Å². The van der Waals surface area contributed by atoms with Crippen LogP contribution in [0.5, 0.6) is 0 Å². The average molecular weight is 211 g/mol. The van der Waals surface area contributed by atoms with Crippen molar-refractivity contribution in [2.45, 2.75) is 25.3 Å². The third-order valence-corrected chi connectivity index (χ3v) is 3.49. The van der Waals surface area contributed by atoms with Crippen LogP contribution in [0.2, 0.25) is 0 Å². The fraction of sp³-hybridized carbons (Fsp3) is 0.333.